The number of hydrogen-bond donors (Lipinski definition) is 3. The van der Waals surface area contributed by atoms with Gasteiger partial charge in [0.2, 0.25) is 0 Å². The molecule has 0 amide bonds. The van der Waals surface area contributed by atoms with Crippen LogP contribution >= 0.6 is 0 Å². The minimum Gasteiger partial charge on any atom is -0.396 e. The molecule has 2 aliphatic rings. The van der Waals surface area contributed by atoms with E-state index in [4.69, 9.17) is 0 Å². The van der Waals surface area contributed by atoms with E-state index in [1.807, 2.05) is 0 Å². The van der Waals surface area contributed by atoms with Crippen LogP contribution in [0.3, 0.4) is 0 Å². The van der Waals surface area contributed by atoms with E-state index in [-0.39, 0.29) is 11.6 Å². The highest BCUT2D eigenvalue weighted by molar-refractivity contribution is 6.17. The predicted octanol–water partition coefficient (Wildman–Crippen LogP) is 0.0567. The molecule has 2 aliphatic carbocycles. The van der Waals surface area contributed by atoms with Gasteiger partial charge in [0, 0.05) is 0 Å². The Morgan fingerprint density at radius 3 is 2.16 bits per heavy atom. The first-order chi connectivity index (χ1) is 8.97. The molecule has 0 bridgehead atoms. The first-order valence-corrected chi connectivity index (χ1v) is 6.96. The van der Waals surface area contributed by atoms with Crippen molar-refractivity contribution < 1.29 is 24.9 Å². The van der Waals surface area contributed by atoms with Crippen molar-refractivity contribution in [2.24, 2.45) is 16.7 Å². The second-order valence-corrected chi connectivity index (χ2v) is 5.95. The van der Waals surface area contributed by atoms with Gasteiger partial charge in [0.1, 0.15) is 0 Å². The minimum absolute atomic E-state index is 0.283. The Morgan fingerprint density at radius 2 is 1.79 bits per heavy atom. The summed E-state index contributed by atoms with van der Waals surface area (Å²) in [4.78, 5) is 25.4. The van der Waals surface area contributed by atoms with Crippen molar-refractivity contribution in [3.05, 3.63) is 0 Å². The molecule has 108 valence electrons. The molecule has 0 aliphatic heterocycles. The van der Waals surface area contributed by atoms with E-state index in [9.17, 15) is 24.9 Å². The maximum absolute atomic E-state index is 12.8. The van der Waals surface area contributed by atoms with Gasteiger partial charge in [0.15, 0.2) is 11.6 Å². The van der Waals surface area contributed by atoms with Crippen molar-refractivity contribution in [2.45, 2.75) is 45.1 Å². The summed E-state index contributed by atoms with van der Waals surface area (Å²) < 4.78 is 0. The second-order valence-electron chi connectivity index (χ2n) is 5.95. The van der Waals surface area contributed by atoms with Crippen molar-refractivity contribution in [1.82, 2.24) is 0 Å². The van der Waals surface area contributed by atoms with Crippen molar-refractivity contribution in [1.29, 1.82) is 0 Å². The zero-order chi connectivity index (χ0) is 14.3. The van der Waals surface area contributed by atoms with E-state index in [1.54, 1.807) is 0 Å². The molecular weight excluding hydrogens is 248 g/mol. The number of aliphatic hydroxyl groups is 3. The highest BCUT2D eigenvalue weighted by Gasteiger charge is 2.68. The first-order valence-electron chi connectivity index (χ1n) is 6.96. The van der Waals surface area contributed by atoms with E-state index < -0.39 is 36.1 Å². The molecule has 0 aromatic heterocycles. The summed E-state index contributed by atoms with van der Waals surface area (Å²) in [5, 5.41) is 29.1. The third kappa shape index (κ3) is 1.72. The molecule has 3 atom stereocenters. The Hall–Kier alpha value is -0.780. The molecule has 2 rings (SSSR count). The van der Waals surface area contributed by atoms with Gasteiger partial charge in [0.05, 0.1) is 36.1 Å². The summed E-state index contributed by atoms with van der Waals surface area (Å²) in [5.41, 5.74) is -2.60. The van der Waals surface area contributed by atoms with Crippen LogP contribution in [-0.2, 0) is 9.59 Å². The van der Waals surface area contributed by atoms with E-state index in [1.165, 1.54) is 6.92 Å². The van der Waals surface area contributed by atoms with E-state index >= 15 is 0 Å². The summed E-state index contributed by atoms with van der Waals surface area (Å²) in [6.07, 6.45) is 2.42. The van der Waals surface area contributed by atoms with Crippen molar-refractivity contribution in [3.63, 3.8) is 0 Å². The Morgan fingerprint density at radius 1 is 1.21 bits per heavy atom. The largest absolute Gasteiger partial charge is 0.396 e. The van der Waals surface area contributed by atoms with Crippen LogP contribution in [0.15, 0.2) is 0 Å². The van der Waals surface area contributed by atoms with Crippen LogP contribution in [-0.4, -0.2) is 46.2 Å². The van der Waals surface area contributed by atoms with Crippen molar-refractivity contribution in [3.8, 4) is 0 Å². The molecule has 0 radical (unpaired) electrons. The topological polar surface area (TPSA) is 94.8 Å². The molecule has 0 aromatic rings. The number of aliphatic hydroxyl groups excluding tert-OH is 3. The number of carbonyl (C=O) groups excluding carboxylic acids is 2. The van der Waals surface area contributed by atoms with Crippen LogP contribution in [0.4, 0.5) is 0 Å². The van der Waals surface area contributed by atoms with Gasteiger partial charge < -0.3 is 15.3 Å². The molecular formula is C14H22O5. The van der Waals surface area contributed by atoms with Gasteiger partial charge in [-0.2, -0.15) is 0 Å². The van der Waals surface area contributed by atoms with Crippen LogP contribution in [0, 0.1) is 16.7 Å². The molecule has 3 N–H and O–H groups in total. The van der Waals surface area contributed by atoms with Gasteiger partial charge in [-0.15, -0.1) is 0 Å². The fourth-order valence-electron chi connectivity index (χ4n) is 3.95. The second kappa shape index (κ2) is 4.96. The highest BCUT2D eigenvalue weighted by Crippen LogP contribution is 2.55. The van der Waals surface area contributed by atoms with Gasteiger partial charge in [-0.3, -0.25) is 9.59 Å². The van der Waals surface area contributed by atoms with Crippen molar-refractivity contribution in [2.75, 3.05) is 13.2 Å². The normalized spacial score (nSPS) is 35.9. The van der Waals surface area contributed by atoms with Gasteiger partial charge >= 0.3 is 0 Å². The summed E-state index contributed by atoms with van der Waals surface area (Å²) in [5.74, 6) is -1.63. The molecule has 2 saturated carbocycles. The van der Waals surface area contributed by atoms with Crippen LogP contribution in [0.2, 0.25) is 0 Å². The van der Waals surface area contributed by atoms with Crippen LogP contribution in [0.5, 0.6) is 0 Å². The average molecular weight is 270 g/mol. The Labute approximate surface area is 112 Å². The van der Waals surface area contributed by atoms with Crippen LogP contribution in [0.1, 0.15) is 39.0 Å². The third-order valence-corrected chi connectivity index (χ3v) is 5.16. The summed E-state index contributed by atoms with van der Waals surface area (Å²) >= 11 is 0. The first kappa shape index (κ1) is 14.6. The summed E-state index contributed by atoms with van der Waals surface area (Å²) in [6.45, 7) is 0.311. The molecule has 5 nitrogen and oxygen atoms in total. The fourth-order valence-corrected chi connectivity index (χ4v) is 3.95. The number of hydrogen-bond acceptors (Lipinski definition) is 5. The maximum Gasteiger partial charge on any atom is 0.158 e. The monoisotopic (exact) mass is 270 g/mol. The lowest BCUT2D eigenvalue weighted by molar-refractivity contribution is -0.146. The zero-order valence-electron chi connectivity index (χ0n) is 11.3. The predicted molar refractivity (Wildman–Crippen MR) is 67.3 cm³/mol. The molecule has 19 heavy (non-hydrogen) atoms. The quantitative estimate of drug-likeness (QED) is 0.630. The molecule has 0 aromatic carbocycles. The Bertz CT molecular complexity index is 383. The minimum atomic E-state index is -1.52. The molecule has 0 heterocycles. The fraction of sp³-hybridized carbons (Fsp3) is 0.857. The standard InChI is InChI=1S/C14H22O5/c1-9(17)14(8-16)10(7-15)11(18)13(12(14)19)5-3-2-4-6-13/h9-10,15-17H,2-8H2,1H3. The zero-order valence-corrected chi connectivity index (χ0v) is 11.3. The van der Waals surface area contributed by atoms with Gasteiger partial charge in [-0.05, 0) is 19.8 Å². The summed E-state index contributed by atoms with van der Waals surface area (Å²) in [6, 6.07) is 0. The molecule has 5 heteroatoms. The number of carbonyl (C=O) groups is 2. The average Bonchev–Trinajstić information content (AvgIpc) is 2.59. The van der Waals surface area contributed by atoms with E-state index in [0.29, 0.717) is 12.8 Å². The SMILES string of the molecule is CC(O)C1(CO)C(=O)C2(CCCCC2)C(=O)C1CO. The Balaban J connectivity index is 2.52. The van der Waals surface area contributed by atoms with Crippen LogP contribution in [0.25, 0.3) is 0 Å². The smallest absolute Gasteiger partial charge is 0.158 e. The van der Waals surface area contributed by atoms with Crippen molar-refractivity contribution >= 4 is 11.6 Å². The summed E-state index contributed by atoms with van der Waals surface area (Å²) in [7, 11) is 0. The van der Waals surface area contributed by atoms with E-state index in [2.05, 4.69) is 0 Å². The highest BCUT2D eigenvalue weighted by atomic mass is 16.3. The Kier molecular flexibility index (Phi) is 3.82. The molecule has 1 spiro atoms. The van der Waals surface area contributed by atoms with Crippen LogP contribution < -0.4 is 0 Å². The molecule has 2 fully saturated rings. The van der Waals surface area contributed by atoms with Gasteiger partial charge in [0.25, 0.3) is 0 Å². The number of rotatable bonds is 3. The van der Waals surface area contributed by atoms with Gasteiger partial charge in [-0.25, -0.2) is 0 Å². The van der Waals surface area contributed by atoms with Gasteiger partial charge in [-0.1, -0.05) is 19.3 Å². The number of ketones is 2. The third-order valence-electron chi connectivity index (χ3n) is 5.16. The molecule has 3 unspecified atom stereocenters. The molecule has 0 saturated heterocycles. The van der Waals surface area contributed by atoms with E-state index in [0.717, 1.165) is 19.3 Å². The lowest BCUT2D eigenvalue weighted by atomic mass is 9.68. The lowest BCUT2D eigenvalue weighted by Gasteiger charge is -2.35. The maximum atomic E-state index is 12.8. The lowest BCUT2D eigenvalue weighted by Crippen LogP contribution is -2.49. The number of Topliss-reactive ketones (excluding diaryl/α,β-unsaturated/α-hetero) is 2.